The number of carbonyl (C=O) groups excluding carboxylic acids is 1. The fourth-order valence-corrected chi connectivity index (χ4v) is 3.27. The molecule has 0 saturated carbocycles. The van der Waals surface area contributed by atoms with E-state index in [0.29, 0.717) is 13.1 Å². The number of nitrogens with zero attached hydrogens (tertiary/aromatic N) is 1. The standard InChI is InChI=1S/C22H25F2NO3/c1-22(2,3)19-14-25(13-18(27-19)15-9-5-4-6-10-15)20(26)16-11-7-8-12-17(16)28-21(23)24/h4-12,18-19,21H,13-14H2,1-3H3/t18-,19+/m0/s1. The van der Waals surface area contributed by atoms with Gasteiger partial charge in [-0.2, -0.15) is 8.78 Å². The number of amides is 1. The highest BCUT2D eigenvalue weighted by atomic mass is 19.3. The molecular weight excluding hydrogens is 364 g/mol. The van der Waals surface area contributed by atoms with Crippen LogP contribution in [0.5, 0.6) is 5.75 Å². The molecule has 0 spiro atoms. The lowest BCUT2D eigenvalue weighted by Gasteiger charge is -2.43. The van der Waals surface area contributed by atoms with E-state index in [4.69, 9.17) is 4.74 Å². The molecule has 1 aliphatic heterocycles. The molecule has 6 heteroatoms. The Morgan fingerprint density at radius 2 is 1.71 bits per heavy atom. The number of para-hydroxylation sites is 1. The topological polar surface area (TPSA) is 38.8 Å². The van der Waals surface area contributed by atoms with Crippen molar-refractivity contribution >= 4 is 5.91 Å². The number of benzene rings is 2. The summed E-state index contributed by atoms with van der Waals surface area (Å²) in [5, 5.41) is 0. The maximum absolute atomic E-state index is 13.2. The number of halogens is 2. The van der Waals surface area contributed by atoms with Gasteiger partial charge in [0.1, 0.15) is 11.9 Å². The van der Waals surface area contributed by atoms with E-state index < -0.39 is 6.61 Å². The number of alkyl halides is 2. The van der Waals surface area contributed by atoms with Gasteiger partial charge in [-0.3, -0.25) is 4.79 Å². The molecule has 1 fully saturated rings. The van der Waals surface area contributed by atoms with Crippen LogP contribution < -0.4 is 4.74 Å². The first kappa shape index (κ1) is 20.3. The summed E-state index contributed by atoms with van der Waals surface area (Å²) in [6, 6.07) is 15.8. The molecule has 0 aromatic heterocycles. The molecule has 0 unspecified atom stereocenters. The molecular formula is C22H25F2NO3. The predicted molar refractivity (Wildman–Crippen MR) is 102 cm³/mol. The van der Waals surface area contributed by atoms with Crippen LogP contribution in [0.3, 0.4) is 0 Å². The molecule has 150 valence electrons. The van der Waals surface area contributed by atoms with Crippen molar-refractivity contribution in [3.8, 4) is 5.75 Å². The normalized spacial score (nSPS) is 20.3. The van der Waals surface area contributed by atoms with Gasteiger partial charge >= 0.3 is 6.61 Å². The largest absolute Gasteiger partial charge is 0.434 e. The fraction of sp³-hybridized carbons (Fsp3) is 0.409. The molecule has 3 rings (SSSR count). The van der Waals surface area contributed by atoms with E-state index >= 15 is 0 Å². The van der Waals surface area contributed by atoms with E-state index in [1.807, 2.05) is 30.3 Å². The van der Waals surface area contributed by atoms with Gasteiger partial charge in [-0.1, -0.05) is 63.2 Å². The van der Waals surface area contributed by atoms with Crippen molar-refractivity contribution in [1.29, 1.82) is 0 Å². The van der Waals surface area contributed by atoms with E-state index in [9.17, 15) is 13.6 Å². The first-order chi connectivity index (χ1) is 13.3. The van der Waals surface area contributed by atoms with Gasteiger partial charge in [0, 0.05) is 6.54 Å². The van der Waals surface area contributed by atoms with Gasteiger partial charge in [0.2, 0.25) is 0 Å². The third kappa shape index (κ3) is 4.68. The SMILES string of the molecule is CC(C)(C)[C@H]1CN(C(=O)c2ccccc2OC(F)F)C[C@@H](c2ccccc2)O1. The predicted octanol–water partition coefficient (Wildman–Crippen LogP) is 4.92. The second-order valence-electron chi connectivity index (χ2n) is 7.97. The minimum atomic E-state index is -2.99. The summed E-state index contributed by atoms with van der Waals surface area (Å²) in [7, 11) is 0. The molecule has 1 heterocycles. The Bertz CT molecular complexity index is 805. The Hall–Kier alpha value is -2.47. The quantitative estimate of drug-likeness (QED) is 0.745. The summed E-state index contributed by atoms with van der Waals surface area (Å²) in [5.74, 6) is -0.452. The van der Waals surface area contributed by atoms with Gasteiger partial charge in [-0.25, -0.2) is 0 Å². The Morgan fingerprint density at radius 3 is 2.36 bits per heavy atom. The Balaban J connectivity index is 1.90. The minimum absolute atomic E-state index is 0.113. The van der Waals surface area contributed by atoms with Gasteiger partial charge in [-0.15, -0.1) is 0 Å². The number of carbonyl (C=O) groups is 1. The summed E-state index contributed by atoms with van der Waals surface area (Å²) in [4.78, 5) is 14.9. The van der Waals surface area contributed by atoms with Crippen LogP contribution in [-0.2, 0) is 4.74 Å². The Kier molecular flexibility index (Phi) is 5.98. The van der Waals surface area contributed by atoms with Crippen molar-refractivity contribution in [3.63, 3.8) is 0 Å². The third-order valence-electron chi connectivity index (χ3n) is 4.86. The zero-order valence-corrected chi connectivity index (χ0v) is 16.3. The lowest BCUT2D eigenvalue weighted by molar-refractivity contribution is -0.119. The highest BCUT2D eigenvalue weighted by Crippen LogP contribution is 2.34. The summed E-state index contributed by atoms with van der Waals surface area (Å²) in [5.41, 5.74) is 0.917. The van der Waals surface area contributed by atoms with Gasteiger partial charge in [0.15, 0.2) is 0 Å². The average Bonchev–Trinajstić information content (AvgIpc) is 2.67. The van der Waals surface area contributed by atoms with Crippen molar-refractivity contribution in [2.75, 3.05) is 13.1 Å². The first-order valence-corrected chi connectivity index (χ1v) is 9.29. The number of ether oxygens (including phenoxy) is 2. The van der Waals surface area contributed by atoms with Crippen molar-refractivity contribution in [1.82, 2.24) is 4.90 Å². The molecule has 1 saturated heterocycles. The molecule has 0 N–H and O–H groups in total. The first-order valence-electron chi connectivity index (χ1n) is 9.29. The second kappa shape index (κ2) is 8.27. The third-order valence-corrected chi connectivity index (χ3v) is 4.86. The van der Waals surface area contributed by atoms with Crippen molar-refractivity contribution < 1.29 is 23.0 Å². The minimum Gasteiger partial charge on any atom is -0.434 e. The van der Waals surface area contributed by atoms with Crippen LogP contribution in [0.1, 0.15) is 42.8 Å². The fourth-order valence-electron chi connectivity index (χ4n) is 3.27. The molecule has 0 radical (unpaired) electrons. The van der Waals surface area contributed by atoms with Crippen LogP contribution in [-0.4, -0.2) is 36.6 Å². The van der Waals surface area contributed by atoms with Crippen molar-refractivity contribution in [3.05, 3.63) is 65.7 Å². The number of rotatable bonds is 4. The van der Waals surface area contributed by atoms with E-state index in [0.717, 1.165) is 5.56 Å². The number of morpholine rings is 1. The molecule has 28 heavy (non-hydrogen) atoms. The van der Waals surface area contributed by atoms with E-state index in [-0.39, 0.29) is 34.8 Å². The summed E-state index contributed by atoms with van der Waals surface area (Å²) in [6.45, 7) is 3.91. The average molecular weight is 389 g/mol. The molecule has 4 nitrogen and oxygen atoms in total. The lowest BCUT2D eigenvalue weighted by Crippen LogP contribution is -2.51. The monoisotopic (exact) mass is 389 g/mol. The lowest BCUT2D eigenvalue weighted by atomic mass is 9.87. The van der Waals surface area contributed by atoms with Crippen LogP contribution in [0, 0.1) is 5.41 Å². The smallest absolute Gasteiger partial charge is 0.387 e. The zero-order chi connectivity index (χ0) is 20.3. The molecule has 2 aromatic carbocycles. The molecule has 0 aliphatic carbocycles. The second-order valence-corrected chi connectivity index (χ2v) is 7.97. The van der Waals surface area contributed by atoms with Crippen LogP contribution in [0.25, 0.3) is 0 Å². The van der Waals surface area contributed by atoms with Crippen LogP contribution in [0.4, 0.5) is 8.78 Å². The van der Waals surface area contributed by atoms with Crippen molar-refractivity contribution in [2.45, 2.75) is 39.6 Å². The Morgan fingerprint density at radius 1 is 1.07 bits per heavy atom. The van der Waals surface area contributed by atoms with Gasteiger partial charge in [0.25, 0.3) is 5.91 Å². The highest BCUT2D eigenvalue weighted by Gasteiger charge is 2.38. The molecule has 1 aliphatic rings. The summed E-state index contributed by atoms with van der Waals surface area (Å²) >= 11 is 0. The molecule has 2 atom stereocenters. The Labute approximate surface area is 164 Å². The van der Waals surface area contributed by atoms with Gasteiger partial charge in [0.05, 0.1) is 18.2 Å². The van der Waals surface area contributed by atoms with Gasteiger partial charge < -0.3 is 14.4 Å². The molecule has 1 amide bonds. The molecule has 2 aromatic rings. The number of hydrogen-bond donors (Lipinski definition) is 0. The van der Waals surface area contributed by atoms with Crippen molar-refractivity contribution in [2.24, 2.45) is 5.41 Å². The summed E-state index contributed by atoms with van der Waals surface area (Å²) in [6.07, 6.45) is -0.482. The van der Waals surface area contributed by atoms with E-state index in [1.54, 1.807) is 17.0 Å². The number of hydrogen-bond acceptors (Lipinski definition) is 3. The maximum atomic E-state index is 13.2. The highest BCUT2D eigenvalue weighted by molar-refractivity contribution is 5.97. The molecule has 0 bridgehead atoms. The van der Waals surface area contributed by atoms with E-state index in [2.05, 4.69) is 25.5 Å². The van der Waals surface area contributed by atoms with E-state index in [1.165, 1.54) is 12.1 Å². The maximum Gasteiger partial charge on any atom is 0.387 e. The van der Waals surface area contributed by atoms with Crippen LogP contribution >= 0.6 is 0 Å². The van der Waals surface area contributed by atoms with Crippen LogP contribution in [0.15, 0.2) is 54.6 Å². The van der Waals surface area contributed by atoms with Gasteiger partial charge in [-0.05, 0) is 23.1 Å². The van der Waals surface area contributed by atoms with Crippen LogP contribution in [0.2, 0.25) is 0 Å². The zero-order valence-electron chi connectivity index (χ0n) is 16.3. The summed E-state index contributed by atoms with van der Waals surface area (Å²) < 4.78 is 36.3.